The molecular weight excluding hydrogens is 288 g/mol. The van der Waals surface area contributed by atoms with Crippen molar-refractivity contribution in [2.45, 2.75) is 26.3 Å². The summed E-state index contributed by atoms with van der Waals surface area (Å²) < 4.78 is 0. The molecule has 4 nitrogen and oxygen atoms in total. The highest BCUT2D eigenvalue weighted by atomic mass is 35.5. The summed E-state index contributed by atoms with van der Waals surface area (Å²) in [5, 5.41) is 5.90. The molecule has 2 N–H and O–H groups in total. The summed E-state index contributed by atoms with van der Waals surface area (Å²) in [5.41, 5.74) is 0.456. The van der Waals surface area contributed by atoms with Gasteiger partial charge in [0, 0.05) is 10.6 Å². The van der Waals surface area contributed by atoms with Gasteiger partial charge in [-0.25, -0.2) is 0 Å². The molecule has 21 heavy (non-hydrogen) atoms. The number of carbonyl (C=O) groups is 2. The van der Waals surface area contributed by atoms with Gasteiger partial charge in [-0.2, -0.15) is 0 Å². The van der Waals surface area contributed by atoms with Gasteiger partial charge in [-0.15, -0.1) is 6.42 Å². The van der Waals surface area contributed by atoms with Crippen LogP contribution in [0.25, 0.3) is 0 Å². The van der Waals surface area contributed by atoms with Crippen molar-refractivity contribution >= 4 is 23.4 Å². The van der Waals surface area contributed by atoms with Gasteiger partial charge in [0.1, 0.15) is 6.04 Å². The number of hydrogen-bond acceptors (Lipinski definition) is 2. The summed E-state index contributed by atoms with van der Waals surface area (Å²) >= 11 is 5.79. The summed E-state index contributed by atoms with van der Waals surface area (Å²) in [7, 11) is 0. The quantitative estimate of drug-likeness (QED) is 0.792. The summed E-state index contributed by atoms with van der Waals surface area (Å²) in [4.78, 5) is 24.3. The van der Waals surface area contributed by atoms with Gasteiger partial charge in [0.05, 0.1) is 6.54 Å². The molecule has 1 aromatic rings. The van der Waals surface area contributed by atoms with Crippen LogP contribution in [-0.2, 0) is 4.79 Å². The molecule has 0 radical (unpaired) electrons. The second-order valence-corrected chi connectivity index (χ2v) is 5.20. The van der Waals surface area contributed by atoms with Gasteiger partial charge in [-0.1, -0.05) is 37.8 Å². The maximum atomic E-state index is 12.2. The van der Waals surface area contributed by atoms with Crippen molar-refractivity contribution in [2.75, 3.05) is 6.54 Å². The van der Waals surface area contributed by atoms with Crippen molar-refractivity contribution < 1.29 is 9.59 Å². The minimum absolute atomic E-state index is 0.000903. The number of carbonyl (C=O) groups excluding carboxylic acids is 2. The van der Waals surface area contributed by atoms with Gasteiger partial charge < -0.3 is 10.6 Å². The van der Waals surface area contributed by atoms with Crippen LogP contribution in [0.1, 0.15) is 30.6 Å². The van der Waals surface area contributed by atoms with Crippen LogP contribution >= 0.6 is 11.6 Å². The molecule has 0 aliphatic rings. The Hall–Kier alpha value is -1.99. The Balaban J connectivity index is 2.81. The molecule has 0 bridgehead atoms. The Labute approximate surface area is 130 Å². The van der Waals surface area contributed by atoms with Crippen molar-refractivity contribution in [1.82, 2.24) is 10.6 Å². The van der Waals surface area contributed by atoms with Gasteiger partial charge in [0.25, 0.3) is 5.91 Å². The predicted molar refractivity (Wildman–Crippen MR) is 84.0 cm³/mol. The summed E-state index contributed by atoms with van der Waals surface area (Å²) in [5.74, 6) is 1.76. The lowest BCUT2D eigenvalue weighted by atomic mass is 9.98. The SMILES string of the molecule is C#CCNC(=O)C(NC(=O)c1ccc(Cl)cc1)C(C)CC. The fourth-order valence-electron chi connectivity index (χ4n) is 1.78. The molecule has 0 fully saturated rings. The van der Waals surface area contributed by atoms with Crippen LogP contribution in [0, 0.1) is 18.3 Å². The molecule has 2 amide bonds. The topological polar surface area (TPSA) is 58.2 Å². The standard InChI is InChI=1S/C16H19ClN2O2/c1-4-10-18-16(21)14(11(3)5-2)19-15(20)12-6-8-13(17)9-7-12/h1,6-9,11,14H,5,10H2,2-3H3,(H,18,21)(H,19,20). The molecule has 2 atom stereocenters. The van der Waals surface area contributed by atoms with E-state index >= 15 is 0 Å². The molecule has 2 unspecified atom stereocenters. The van der Waals surface area contributed by atoms with E-state index in [1.807, 2.05) is 13.8 Å². The number of benzene rings is 1. The molecule has 0 aliphatic heterocycles. The second kappa shape index (κ2) is 8.33. The molecule has 0 saturated carbocycles. The Morgan fingerprint density at radius 1 is 1.33 bits per heavy atom. The molecule has 1 rings (SSSR count). The Morgan fingerprint density at radius 3 is 2.48 bits per heavy atom. The number of terminal acetylenes is 1. The Morgan fingerprint density at radius 2 is 1.95 bits per heavy atom. The van der Waals surface area contributed by atoms with E-state index in [2.05, 4.69) is 16.6 Å². The molecule has 0 saturated heterocycles. The number of halogens is 1. The number of hydrogen-bond donors (Lipinski definition) is 2. The molecule has 0 aromatic heterocycles. The first-order chi connectivity index (χ1) is 9.99. The van der Waals surface area contributed by atoms with Crippen LogP contribution in [0.3, 0.4) is 0 Å². The lowest BCUT2D eigenvalue weighted by molar-refractivity contribution is -0.123. The fourth-order valence-corrected chi connectivity index (χ4v) is 1.90. The van der Waals surface area contributed by atoms with E-state index in [4.69, 9.17) is 18.0 Å². The minimum atomic E-state index is -0.619. The maximum Gasteiger partial charge on any atom is 0.251 e. The summed E-state index contributed by atoms with van der Waals surface area (Å²) in [6, 6.07) is 5.88. The summed E-state index contributed by atoms with van der Waals surface area (Å²) in [6.45, 7) is 4.01. The smallest absolute Gasteiger partial charge is 0.251 e. The van der Waals surface area contributed by atoms with Crippen molar-refractivity contribution in [3.05, 3.63) is 34.9 Å². The first-order valence-corrected chi connectivity index (χ1v) is 7.15. The molecular formula is C16H19ClN2O2. The van der Waals surface area contributed by atoms with E-state index in [9.17, 15) is 9.59 Å². The number of nitrogens with one attached hydrogen (secondary N) is 2. The third kappa shape index (κ3) is 5.13. The summed E-state index contributed by atoms with van der Waals surface area (Å²) in [6.07, 6.45) is 5.89. The van der Waals surface area contributed by atoms with Crippen molar-refractivity contribution in [1.29, 1.82) is 0 Å². The Bertz CT molecular complexity index is 534. The highest BCUT2D eigenvalue weighted by Gasteiger charge is 2.25. The van der Waals surface area contributed by atoms with Gasteiger partial charge in [0.2, 0.25) is 5.91 Å². The predicted octanol–water partition coefficient (Wildman–Crippen LogP) is 2.23. The molecule has 0 heterocycles. The zero-order valence-electron chi connectivity index (χ0n) is 12.2. The molecule has 5 heteroatoms. The van der Waals surface area contributed by atoms with Crippen LogP contribution in [0.15, 0.2) is 24.3 Å². The van der Waals surface area contributed by atoms with E-state index in [0.29, 0.717) is 10.6 Å². The average molecular weight is 307 g/mol. The van der Waals surface area contributed by atoms with Crippen LogP contribution in [-0.4, -0.2) is 24.4 Å². The zero-order chi connectivity index (χ0) is 15.8. The van der Waals surface area contributed by atoms with Crippen molar-refractivity contribution in [3.8, 4) is 12.3 Å². The number of rotatable bonds is 6. The van der Waals surface area contributed by atoms with E-state index in [1.54, 1.807) is 24.3 Å². The van der Waals surface area contributed by atoms with E-state index in [0.717, 1.165) is 6.42 Å². The first-order valence-electron chi connectivity index (χ1n) is 6.77. The first kappa shape index (κ1) is 17.1. The lowest BCUT2D eigenvalue weighted by Gasteiger charge is -2.23. The van der Waals surface area contributed by atoms with Crippen LogP contribution in [0.2, 0.25) is 5.02 Å². The fraction of sp³-hybridized carbons (Fsp3) is 0.375. The lowest BCUT2D eigenvalue weighted by Crippen LogP contribution is -2.50. The van der Waals surface area contributed by atoms with Crippen molar-refractivity contribution in [2.24, 2.45) is 5.92 Å². The monoisotopic (exact) mass is 306 g/mol. The van der Waals surface area contributed by atoms with Gasteiger partial charge in [-0.05, 0) is 30.2 Å². The molecule has 1 aromatic carbocycles. The van der Waals surface area contributed by atoms with Crippen molar-refractivity contribution in [3.63, 3.8) is 0 Å². The third-order valence-electron chi connectivity index (χ3n) is 3.25. The minimum Gasteiger partial charge on any atom is -0.343 e. The van der Waals surface area contributed by atoms with E-state index in [1.165, 1.54) is 0 Å². The second-order valence-electron chi connectivity index (χ2n) is 4.77. The van der Waals surface area contributed by atoms with E-state index < -0.39 is 6.04 Å². The van der Waals surface area contributed by atoms with Gasteiger partial charge in [-0.3, -0.25) is 9.59 Å². The number of amides is 2. The highest BCUT2D eigenvalue weighted by Crippen LogP contribution is 2.12. The van der Waals surface area contributed by atoms with Crippen LogP contribution in [0.5, 0.6) is 0 Å². The van der Waals surface area contributed by atoms with Gasteiger partial charge in [0.15, 0.2) is 0 Å². The highest BCUT2D eigenvalue weighted by molar-refractivity contribution is 6.30. The molecule has 0 spiro atoms. The van der Waals surface area contributed by atoms with Crippen LogP contribution in [0.4, 0.5) is 0 Å². The maximum absolute atomic E-state index is 12.2. The largest absolute Gasteiger partial charge is 0.343 e. The zero-order valence-corrected chi connectivity index (χ0v) is 12.9. The Kier molecular flexibility index (Phi) is 6.77. The third-order valence-corrected chi connectivity index (χ3v) is 3.51. The molecule has 112 valence electrons. The molecule has 0 aliphatic carbocycles. The van der Waals surface area contributed by atoms with Gasteiger partial charge >= 0.3 is 0 Å². The van der Waals surface area contributed by atoms with Crippen LogP contribution < -0.4 is 10.6 Å². The average Bonchev–Trinajstić information content (AvgIpc) is 2.49. The van der Waals surface area contributed by atoms with E-state index in [-0.39, 0.29) is 24.3 Å². The normalized spacial score (nSPS) is 12.9.